The summed E-state index contributed by atoms with van der Waals surface area (Å²) in [6.45, 7) is 0. The molecule has 0 saturated carbocycles. The number of allylic oxidation sites excluding steroid dienone is 1. The number of carbonyl (C=O) groups excluding carboxylic acids is 2. The summed E-state index contributed by atoms with van der Waals surface area (Å²) in [5, 5.41) is 0. The first-order chi connectivity index (χ1) is 14.1. The molecular formula is C23H16O6. The summed E-state index contributed by atoms with van der Waals surface area (Å²) in [6, 6.07) is 14.1. The summed E-state index contributed by atoms with van der Waals surface area (Å²) in [7, 11) is 1.60. The van der Waals surface area contributed by atoms with Gasteiger partial charge in [0, 0.05) is 5.56 Å². The summed E-state index contributed by atoms with van der Waals surface area (Å²) in [6.07, 6.45) is 3.36. The fourth-order valence-corrected chi connectivity index (χ4v) is 3.69. The van der Waals surface area contributed by atoms with E-state index in [1.165, 1.54) is 0 Å². The van der Waals surface area contributed by atoms with Gasteiger partial charge in [0.1, 0.15) is 23.0 Å². The number of hydrogen-bond acceptors (Lipinski definition) is 6. The van der Waals surface area contributed by atoms with Crippen molar-refractivity contribution in [1.29, 1.82) is 0 Å². The predicted octanol–water partition coefficient (Wildman–Crippen LogP) is 4.35. The van der Waals surface area contributed by atoms with E-state index in [1.54, 1.807) is 43.7 Å². The molecule has 0 radical (unpaired) electrons. The number of methoxy groups -OCH3 is 1. The van der Waals surface area contributed by atoms with Crippen molar-refractivity contribution in [3.8, 4) is 17.2 Å². The molecule has 0 spiro atoms. The zero-order valence-electron chi connectivity index (χ0n) is 15.5. The minimum Gasteiger partial charge on any atom is -0.497 e. The first-order valence-electron chi connectivity index (χ1n) is 9.13. The van der Waals surface area contributed by atoms with E-state index in [4.69, 9.17) is 18.6 Å². The van der Waals surface area contributed by atoms with Crippen molar-refractivity contribution >= 4 is 17.8 Å². The van der Waals surface area contributed by atoms with Crippen LogP contribution in [0, 0.1) is 0 Å². The molecule has 2 aliphatic rings. The molecule has 1 aromatic heterocycles. The average molecular weight is 388 g/mol. The van der Waals surface area contributed by atoms with Gasteiger partial charge < -0.3 is 18.6 Å². The lowest BCUT2D eigenvalue weighted by molar-refractivity contribution is -0.135. The second-order valence-electron chi connectivity index (χ2n) is 6.81. The van der Waals surface area contributed by atoms with Crippen LogP contribution in [-0.4, -0.2) is 18.9 Å². The fourth-order valence-electron chi connectivity index (χ4n) is 3.69. The number of furan rings is 1. The average Bonchev–Trinajstić information content (AvgIpc) is 3.37. The van der Waals surface area contributed by atoms with Crippen LogP contribution in [0.2, 0.25) is 0 Å². The topological polar surface area (TPSA) is 75.0 Å². The van der Waals surface area contributed by atoms with Gasteiger partial charge in [-0.1, -0.05) is 12.1 Å². The van der Waals surface area contributed by atoms with E-state index in [-0.39, 0.29) is 29.9 Å². The number of esters is 1. The molecule has 0 fully saturated rings. The lowest BCUT2D eigenvalue weighted by Crippen LogP contribution is -2.21. The maximum Gasteiger partial charge on any atom is 0.312 e. The van der Waals surface area contributed by atoms with E-state index in [2.05, 4.69) is 0 Å². The Bertz CT molecular complexity index is 1140. The summed E-state index contributed by atoms with van der Waals surface area (Å²) in [4.78, 5) is 25.0. The van der Waals surface area contributed by atoms with E-state index in [1.807, 2.05) is 24.3 Å². The van der Waals surface area contributed by atoms with Gasteiger partial charge in [0.2, 0.25) is 5.78 Å². The van der Waals surface area contributed by atoms with E-state index < -0.39 is 0 Å². The van der Waals surface area contributed by atoms with Gasteiger partial charge in [0.15, 0.2) is 5.76 Å². The zero-order valence-corrected chi connectivity index (χ0v) is 15.5. The van der Waals surface area contributed by atoms with Crippen LogP contribution in [0.5, 0.6) is 17.2 Å². The molecule has 144 valence electrons. The van der Waals surface area contributed by atoms with Crippen molar-refractivity contribution < 1.29 is 28.2 Å². The molecule has 0 bridgehead atoms. The largest absolute Gasteiger partial charge is 0.497 e. The third kappa shape index (κ3) is 2.89. The number of ketones is 1. The molecular weight excluding hydrogens is 372 g/mol. The van der Waals surface area contributed by atoms with Gasteiger partial charge in [-0.2, -0.15) is 0 Å². The molecule has 3 heterocycles. The van der Waals surface area contributed by atoms with Crippen molar-refractivity contribution in [3.63, 3.8) is 0 Å². The molecule has 0 saturated heterocycles. The highest BCUT2D eigenvalue weighted by Gasteiger charge is 2.39. The molecule has 2 aromatic carbocycles. The Balaban J connectivity index is 1.57. The molecule has 29 heavy (non-hydrogen) atoms. The quantitative estimate of drug-likeness (QED) is 0.377. The molecule has 5 rings (SSSR count). The number of ether oxygens (including phenoxy) is 3. The number of carbonyl (C=O) groups is 2. The van der Waals surface area contributed by atoms with Crippen LogP contribution in [-0.2, 0) is 4.79 Å². The molecule has 0 aliphatic carbocycles. The third-order valence-electron chi connectivity index (χ3n) is 5.08. The molecule has 0 N–H and O–H groups in total. The van der Waals surface area contributed by atoms with Crippen LogP contribution in [0.15, 0.2) is 65.0 Å². The molecule has 1 atom stereocenters. The van der Waals surface area contributed by atoms with Crippen LogP contribution in [0.1, 0.15) is 39.6 Å². The molecule has 1 unspecified atom stereocenters. The van der Waals surface area contributed by atoms with Crippen LogP contribution in [0.25, 0.3) is 6.08 Å². The fraction of sp³-hybridized carbons (Fsp3) is 0.130. The van der Waals surface area contributed by atoms with Crippen molar-refractivity contribution in [2.75, 3.05) is 7.11 Å². The molecule has 2 aliphatic heterocycles. The molecule has 6 nitrogen and oxygen atoms in total. The Labute approximate surface area is 166 Å². The highest BCUT2D eigenvalue weighted by molar-refractivity contribution is 6.15. The number of fused-ring (bicyclic) bond motifs is 3. The van der Waals surface area contributed by atoms with Crippen LogP contribution < -0.4 is 14.2 Å². The van der Waals surface area contributed by atoms with E-state index >= 15 is 0 Å². The van der Waals surface area contributed by atoms with Crippen molar-refractivity contribution in [2.24, 2.45) is 0 Å². The van der Waals surface area contributed by atoms with Gasteiger partial charge >= 0.3 is 5.97 Å². The van der Waals surface area contributed by atoms with Gasteiger partial charge in [-0.15, -0.1) is 0 Å². The Hall–Kier alpha value is -3.80. The minimum absolute atomic E-state index is 0.117. The van der Waals surface area contributed by atoms with Gasteiger partial charge in [0.25, 0.3) is 0 Å². The number of rotatable bonds is 3. The van der Waals surface area contributed by atoms with Crippen molar-refractivity contribution in [1.82, 2.24) is 0 Å². The first kappa shape index (κ1) is 17.3. The van der Waals surface area contributed by atoms with Crippen LogP contribution in [0.4, 0.5) is 0 Å². The van der Waals surface area contributed by atoms with Gasteiger partial charge in [-0.3, -0.25) is 9.59 Å². The molecule has 0 amide bonds. The van der Waals surface area contributed by atoms with Crippen molar-refractivity contribution in [2.45, 2.75) is 12.3 Å². The summed E-state index contributed by atoms with van der Waals surface area (Å²) in [5.41, 5.74) is 1.91. The Morgan fingerprint density at radius 1 is 1.03 bits per heavy atom. The normalized spacial score (nSPS) is 18.8. The van der Waals surface area contributed by atoms with E-state index in [9.17, 15) is 9.59 Å². The summed E-state index contributed by atoms with van der Waals surface area (Å²) in [5.74, 6) is 1.44. The Morgan fingerprint density at radius 2 is 1.86 bits per heavy atom. The highest BCUT2D eigenvalue weighted by atomic mass is 16.5. The van der Waals surface area contributed by atoms with Gasteiger partial charge in [-0.05, 0) is 48.0 Å². The molecule has 6 heteroatoms. The maximum absolute atomic E-state index is 12.9. The Morgan fingerprint density at radius 3 is 2.59 bits per heavy atom. The number of Topliss-reactive ketones (excluding diaryl/α,β-unsaturated/α-hetero) is 1. The lowest BCUT2D eigenvalue weighted by atomic mass is 9.88. The molecule has 3 aromatic rings. The zero-order chi connectivity index (χ0) is 20.0. The number of hydrogen-bond donors (Lipinski definition) is 0. The van der Waals surface area contributed by atoms with E-state index in [0.29, 0.717) is 28.4 Å². The van der Waals surface area contributed by atoms with Crippen LogP contribution >= 0.6 is 0 Å². The maximum atomic E-state index is 12.9. The highest BCUT2D eigenvalue weighted by Crippen LogP contribution is 2.49. The standard InChI is InChI=1S/C23H16O6/c1-26-14-6-4-13(5-7-14)11-19-22(25)15-8-9-18-21(23(15)29-19)16(12-20(24)28-18)17-3-2-10-27-17/h2-11,16H,12H2,1H3. The van der Waals surface area contributed by atoms with E-state index in [0.717, 1.165) is 11.3 Å². The third-order valence-corrected chi connectivity index (χ3v) is 5.08. The second kappa shape index (κ2) is 6.67. The number of benzene rings is 2. The monoisotopic (exact) mass is 388 g/mol. The first-order valence-corrected chi connectivity index (χ1v) is 9.13. The Kier molecular flexibility index (Phi) is 3.98. The minimum atomic E-state index is -0.371. The lowest BCUT2D eigenvalue weighted by Gasteiger charge is -2.24. The summed E-state index contributed by atoms with van der Waals surface area (Å²) < 4.78 is 22.1. The second-order valence-corrected chi connectivity index (χ2v) is 6.81. The predicted molar refractivity (Wildman–Crippen MR) is 103 cm³/mol. The van der Waals surface area contributed by atoms with Crippen LogP contribution in [0.3, 0.4) is 0 Å². The smallest absolute Gasteiger partial charge is 0.312 e. The van der Waals surface area contributed by atoms with Crippen molar-refractivity contribution in [3.05, 3.63) is 83.0 Å². The SMILES string of the molecule is COc1ccc(C=C2Oc3c(ccc4c3C(c3ccco3)CC(=O)O4)C2=O)cc1. The van der Waals surface area contributed by atoms with Gasteiger partial charge in [-0.25, -0.2) is 0 Å². The van der Waals surface area contributed by atoms with Gasteiger partial charge in [0.05, 0.1) is 31.3 Å². The summed E-state index contributed by atoms with van der Waals surface area (Å²) >= 11 is 0.